The summed E-state index contributed by atoms with van der Waals surface area (Å²) in [6.45, 7) is -0.922. The molecule has 0 bridgehead atoms. The highest BCUT2D eigenvalue weighted by atomic mass is 32.2. The molecule has 1 saturated carbocycles. The minimum absolute atomic E-state index is 0.130. The van der Waals surface area contributed by atoms with Crippen LogP contribution < -0.4 is 5.56 Å². The van der Waals surface area contributed by atoms with E-state index < -0.39 is 50.4 Å². The molecule has 1 aliphatic rings. The van der Waals surface area contributed by atoms with Gasteiger partial charge in [-0.2, -0.15) is 21.6 Å². The largest absolute Gasteiger partial charge is 0.534 e. The third kappa shape index (κ3) is 4.12. The van der Waals surface area contributed by atoms with Gasteiger partial charge in [-0.05, 0) is 12.8 Å². The van der Waals surface area contributed by atoms with Gasteiger partial charge in [-0.1, -0.05) is 0 Å². The Morgan fingerprint density at radius 2 is 2.00 bits per heavy atom. The predicted molar refractivity (Wildman–Crippen MR) is 85.6 cm³/mol. The Morgan fingerprint density at radius 3 is 2.41 bits per heavy atom. The van der Waals surface area contributed by atoms with E-state index in [0.29, 0.717) is 12.8 Å². The molecule has 0 amide bonds. The number of aldehydes is 1. The summed E-state index contributed by atoms with van der Waals surface area (Å²) in [5.41, 5.74) is -8.64. The minimum atomic E-state index is -6.10. The standard InChI is InChI=1S/C14H15F4N3O5S/c1-20(2)19-12(26-27(24,25)14(16,17)18)10-6-21(13(8-15)3-4-13)11(23)5-9(10)7-22/h5-7H,3-4,8H2,1-2H3/b19-12+. The first kappa shape index (κ1) is 20.9. The first-order chi connectivity index (χ1) is 12.4. The van der Waals surface area contributed by atoms with Crippen molar-refractivity contribution in [1.82, 2.24) is 9.58 Å². The lowest BCUT2D eigenvalue weighted by molar-refractivity contribution is -0.0504. The Morgan fingerprint density at radius 1 is 1.41 bits per heavy atom. The van der Waals surface area contributed by atoms with Crippen LogP contribution in [-0.4, -0.2) is 56.5 Å². The van der Waals surface area contributed by atoms with E-state index in [9.17, 15) is 35.6 Å². The van der Waals surface area contributed by atoms with Gasteiger partial charge in [0.25, 0.3) is 11.5 Å². The van der Waals surface area contributed by atoms with Crippen molar-refractivity contribution in [3.05, 3.63) is 33.7 Å². The lowest BCUT2D eigenvalue weighted by atomic mass is 10.1. The average molecular weight is 413 g/mol. The van der Waals surface area contributed by atoms with Crippen LogP contribution in [0.4, 0.5) is 17.6 Å². The first-order valence-corrected chi connectivity index (χ1v) is 8.83. The summed E-state index contributed by atoms with van der Waals surface area (Å²) < 4.78 is 79.1. The van der Waals surface area contributed by atoms with Crippen LogP contribution in [0.15, 0.2) is 22.2 Å². The molecule has 0 aromatic carbocycles. The molecule has 0 aliphatic heterocycles. The van der Waals surface area contributed by atoms with E-state index in [1.807, 2.05) is 0 Å². The van der Waals surface area contributed by atoms with E-state index in [2.05, 4.69) is 9.28 Å². The molecule has 1 aromatic rings. The Balaban J connectivity index is 2.67. The predicted octanol–water partition coefficient (Wildman–Crippen LogP) is 1.21. The highest BCUT2D eigenvalue weighted by Gasteiger charge is 2.50. The number of hydrogen-bond acceptors (Lipinski definition) is 7. The van der Waals surface area contributed by atoms with Crippen molar-refractivity contribution in [3.63, 3.8) is 0 Å². The van der Waals surface area contributed by atoms with Crippen LogP contribution in [0.1, 0.15) is 28.8 Å². The Labute approximate surface area is 151 Å². The summed E-state index contributed by atoms with van der Waals surface area (Å²) in [6, 6.07) is 0.757. The number of halogens is 4. The van der Waals surface area contributed by atoms with Crippen molar-refractivity contribution in [3.8, 4) is 0 Å². The minimum Gasteiger partial charge on any atom is -0.353 e. The van der Waals surface area contributed by atoms with Crippen molar-refractivity contribution < 1.29 is 35.0 Å². The van der Waals surface area contributed by atoms with Gasteiger partial charge in [0.15, 0.2) is 6.29 Å². The van der Waals surface area contributed by atoms with Crippen molar-refractivity contribution in [1.29, 1.82) is 0 Å². The van der Waals surface area contributed by atoms with E-state index in [1.54, 1.807) is 0 Å². The zero-order valence-corrected chi connectivity index (χ0v) is 15.0. The topological polar surface area (TPSA) is 98.0 Å². The molecule has 27 heavy (non-hydrogen) atoms. The third-order valence-corrected chi connectivity index (χ3v) is 4.74. The Kier molecular flexibility index (Phi) is 5.37. The Bertz CT molecular complexity index is 933. The molecule has 1 heterocycles. The molecule has 1 aromatic heterocycles. The molecule has 1 aliphatic carbocycles. The van der Waals surface area contributed by atoms with Crippen molar-refractivity contribution in [2.45, 2.75) is 23.9 Å². The quantitative estimate of drug-likeness (QED) is 0.132. The molecule has 2 rings (SSSR count). The second-order valence-corrected chi connectivity index (χ2v) is 7.60. The number of rotatable bonds is 6. The fourth-order valence-electron chi connectivity index (χ4n) is 2.23. The SMILES string of the molecule is CN(C)/N=C(/OS(=O)(=O)C(F)(F)F)c1cn(C2(CF)CC2)c(=O)cc1C=O. The molecule has 0 unspecified atom stereocenters. The summed E-state index contributed by atoms with van der Waals surface area (Å²) in [7, 11) is -3.56. The summed E-state index contributed by atoms with van der Waals surface area (Å²) >= 11 is 0. The van der Waals surface area contributed by atoms with Gasteiger partial charge in [-0.15, -0.1) is 5.10 Å². The fourth-order valence-corrected chi connectivity index (χ4v) is 2.65. The Hall–Kier alpha value is -2.44. The molecule has 1 fully saturated rings. The number of carbonyl (C=O) groups excluding carboxylic acids is 1. The molecule has 8 nitrogen and oxygen atoms in total. The van der Waals surface area contributed by atoms with Gasteiger partial charge in [-0.3, -0.25) is 14.6 Å². The highest BCUT2D eigenvalue weighted by molar-refractivity contribution is 7.88. The van der Waals surface area contributed by atoms with E-state index in [1.165, 1.54) is 14.1 Å². The normalized spacial score (nSPS) is 16.7. The number of aromatic nitrogens is 1. The molecule has 0 radical (unpaired) electrons. The van der Waals surface area contributed by atoms with Crippen molar-refractivity contribution >= 4 is 22.3 Å². The van der Waals surface area contributed by atoms with Crippen LogP contribution in [0.2, 0.25) is 0 Å². The number of alkyl halides is 4. The molecular weight excluding hydrogens is 398 g/mol. The van der Waals surface area contributed by atoms with Gasteiger partial charge in [-0.25, -0.2) is 4.39 Å². The molecular formula is C14H15F4N3O5S. The maximum absolute atomic E-state index is 13.3. The van der Waals surface area contributed by atoms with E-state index in [0.717, 1.165) is 21.8 Å². The number of pyridine rings is 1. The van der Waals surface area contributed by atoms with Crippen LogP contribution >= 0.6 is 0 Å². The van der Waals surface area contributed by atoms with Crippen molar-refractivity contribution in [2.24, 2.45) is 5.10 Å². The summed E-state index contributed by atoms with van der Waals surface area (Å²) in [5.74, 6) is -1.08. The number of nitrogens with zero attached hydrogens (tertiary/aromatic N) is 3. The van der Waals surface area contributed by atoms with Gasteiger partial charge in [0.2, 0.25) is 0 Å². The first-order valence-electron chi connectivity index (χ1n) is 7.42. The van der Waals surface area contributed by atoms with Crippen LogP contribution in [0.25, 0.3) is 0 Å². The van der Waals surface area contributed by atoms with Gasteiger partial charge in [0, 0.05) is 31.9 Å². The van der Waals surface area contributed by atoms with E-state index in [-0.39, 0.29) is 6.29 Å². The zero-order valence-electron chi connectivity index (χ0n) is 14.2. The lowest BCUT2D eigenvalue weighted by Crippen LogP contribution is -2.34. The number of hydrogen-bond donors (Lipinski definition) is 0. The molecule has 0 spiro atoms. The second-order valence-electron chi connectivity index (χ2n) is 6.06. The third-order valence-electron chi connectivity index (χ3n) is 3.79. The highest BCUT2D eigenvalue weighted by Crippen LogP contribution is 2.43. The molecule has 0 saturated heterocycles. The van der Waals surface area contributed by atoms with Crippen LogP contribution in [-0.2, 0) is 19.8 Å². The summed E-state index contributed by atoms with van der Waals surface area (Å²) in [6.07, 6.45) is 1.61. The van der Waals surface area contributed by atoms with E-state index in [4.69, 9.17) is 0 Å². The monoisotopic (exact) mass is 413 g/mol. The maximum Gasteiger partial charge on any atom is 0.534 e. The van der Waals surface area contributed by atoms with Crippen molar-refractivity contribution in [2.75, 3.05) is 20.8 Å². The number of carbonyl (C=O) groups is 1. The van der Waals surface area contributed by atoms with Crippen LogP contribution in [0, 0.1) is 0 Å². The molecule has 0 atom stereocenters. The van der Waals surface area contributed by atoms with Crippen LogP contribution in [0.5, 0.6) is 0 Å². The smallest absolute Gasteiger partial charge is 0.353 e. The fraction of sp³-hybridized carbons (Fsp3) is 0.500. The maximum atomic E-state index is 13.3. The lowest BCUT2D eigenvalue weighted by Gasteiger charge is -2.19. The molecule has 0 N–H and O–H groups in total. The van der Waals surface area contributed by atoms with Gasteiger partial charge < -0.3 is 8.75 Å². The molecule has 150 valence electrons. The summed E-state index contributed by atoms with van der Waals surface area (Å²) in [4.78, 5) is 23.4. The molecule has 13 heteroatoms. The zero-order chi connectivity index (χ0) is 20.6. The van der Waals surface area contributed by atoms with Gasteiger partial charge >= 0.3 is 15.6 Å². The van der Waals surface area contributed by atoms with Gasteiger partial charge in [0.1, 0.15) is 6.67 Å². The van der Waals surface area contributed by atoms with E-state index >= 15 is 0 Å². The van der Waals surface area contributed by atoms with Gasteiger partial charge in [0.05, 0.1) is 11.1 Å². The summed E-state index contributed by atoms with van der Waals surface area (Å²) in [5, 5.41) is 4.47. The second kappa shape index (κ2) is 6.94. The number of hydrazone groups is 1. The van der Waals surface area contributed by atoms with Crippen LogP contribution in [0.3, 0.4) is 0 Å². The average Bonchev–Trinajstić information content (AvgIpc) is 3.33.